The number of hydroxylamine groups is 1. The molecule has 0 unspecified atom stereocenters. The number of carbonyl (C=O) groups is 2. The highest BCUT2D eigenvalue weighted by molar-refractivity contribution is 5.95. The smallest absolute Gasteiger partial charge is 0.267 e. The van der Waals surface area contributed by atoms with Gasteiger partial charge in [-0.1, -0.05) is 42.5 Å². The third-order valence-electron chi connectivity index (χ3n) is 3.96. The molecule has 1 fully saturated rings. The number of amides is 2. The molecule has 128 valence electrons. The van der Waals surface area contributed by atoms with Crippen molar-refractivity contribution in [3.05, 3.63) is 71.8 Å². The third kappa shape index (κ3) is 4.78. The van der Waals surface area contributed by atoms with Crippen LogP contribution in [0.15, 0.2) is 60.7 Å². The van der Waals surface area contributed by atoms with Gasteiger partial charge in [-0.05, 0) is 35.8 Å². The second-order valence-corrected chi connectivity index (χ2v) is 5.81. The topological polar surface area (TPSA) is 58.6 Å². The molecular weight excluding hydrogens is 316 g/mol. The average Bonchev–Trinajstić information content (AvgIpc) is 3.07. The summed E-state index contributed by atoms with van der Waals surface area (Å²) < 4.78 is 0. The van der Waals surface area contributed by atoms with Gasteiger partial charge in [0.05, 0.1) is 6.61 Å². The number of rotatable bonds is 6. The Kier molecular flexibility index (Phi) is 5.59. The van der Waals surface area contributed by atoms with Gasteiger partial charge in [0.2, 0.25) is 5.91 Å². The SMILES string of the molecule is O=C(/C=C/c1ccc(N2CCCC2=O)cc1)NOCc1ccccc1. The van der Waals surface area contributed by atoms with E-state index in [1.165, 1.54) is 6.08 Å². The van der Waals surface area contributed by atoms with E-state index >= 15 is 0 Å². The van der Waals surface area contributed by atoms with Gasteiger partial charge in [0.25, 0.3) is 5.91 Å². The van der Waals surface area contributed by atoms with Crippen LogP contribution in [0.5, 0.6) is 0 Å². The van der Waals surface area contributed by atoms with E-state index in [1.807, 2.05) is 54.6 Å². The molecule has 0 atom stereocenters. The Balaban J connectivity index is 1.48. The standard InChI is InChI=1S/C20H20N2O3/c23-19(21-25-15-17-5-2-1-3-6-17)13-10-16-8-11-18(12-9-16)22-14-4-7-20(22)24/h1-3,5-6,8-13H,4,7,14-15H2,(H,21,23)/b13-10+. The number of hydrogen-bond acceptors (Lipinski definition) is 3. The zero-order valence-corrected chi connectivity index (χ0v) is 13.9. The molecule has 2 aromatic carbocycles. The zero-order valence-electron chi connectivity index (χ0n) is 13.9. The fraction of sp³-hybridized carbons (Fsp3) is 0.200. The van der Waals surface area contributed by atoms with E-state index in [1.54, 1.807) is 11.0 Å². The quantitative estimate of drug-likeness (QED) is 0.651. The molecule has 2 aromatic rings. The Morgan fingerprint density at radius 1 is 1.12 bits per heavy atom. The van der Waals surface area contributed by atoms with Crippen LogP contribution in [0.2, 0.25) is 0 Å². The normalized spacial score (nSPS) is 14.2. The first-order chi connectivity index (χ1) is 12.2. The summed E-state index contributed by atoms with van der Waals surface area (Å²) in [6.07, 6.45) is 4.65. The molecule has 0 saturated carbocycles. The number of anilines is 1. The maximum atomic E-state index is 11.7. The van der Waals surface area contributed by atoms with Crippen molar-refractivity contribution in [2.45, 2.75) is 19.4 Å². The molecule has 0 aromatic heterocycles. The van der Waals surface area contributed by atoms with Crippen molar-refractivity contribution in [3.63, 3.8) is 0 Å². The predicted octanol–water partition coefficient (Wildman–Crippen LogP) is 3.07. The van der Waals surface area contributed by atoms with Gasteiger partial charge in [0.1, 0.15) is 0 Å². The highest BCUT2D eigenvalue weighted by Gasteiger charge is 2.21. The first-order valence-electron chi connectivity index (χ1n) is 8.26. The van der Waals surface area contributed by atoms with Crippen molar-refractivity contribution >= 4 is 23.6 Å². The molecule has 0 aliphatic carbocycles. The van der Waals surface area contributed by atoms with Crippen LogP contribution in [-0.2, 0) is 21.0 Å². The summed E-state index contributed by atoms with van der Waals surface area (Å²) in [5.74, 6) is -0.159. The maximum Gasteiger partial charge on any atom is 0.267 e. The monoisotopic (exact) mass is 336 g/mol. The minimum Gasteiger partial charge on any atom is -0.312 e. The summed E-state index contributed by atoms with van der Waals surface area (Å²) in [5, 5.41) is 0. The largest absolute Gasteiger partial charge is 0.312 e. The molecular formula is C20H20N2O3. The Morgan fingerprint density at radius 2 is 1.88 bits per heavy atom. The number of nitrogens with one attached hydrogen (secondary N) is 1. The summed E-state index contributed by atoms with van der Waals surface area (Å²) in [7, 11) is 0. The fourth-order valence-corrected chi connectivity index (χ4v) is 2.66. The van der Waals surface area contributed by atoms with Crippen LogP contribution in [-0.4, -0.2) is 18.4 Å². The average molecular weight is 336 g/mol. The summed E-state index contributed by atoms with van der Waals surface area (Å²) in [4.78, 5) is 30.4. The van der Waals surface area contributed by atoms with Gasteiger partial charge in [-0.15, -0.1) is 0 Å². The number of hydrogen-bond donors (Lipinski definition) is 1. The van der Waals surface area contributed by atoms with Gasteiger partial charge < -0.3 is 4.90 Å². The lowest BCUT2D eigenvalue weighted by Gasteiger charge is -2.15. The molecule has 1 heterocycles. The van der Waals surface area contributed by atoms with Crippen molar-refractivity contribution in [2.75, 3.05) is 11.4 Å². The lowest BCUT2D eigenvalue weighted by Crippen LogP contribution is -2.23. The Bertz CT molecular complexity index is 754. The summed E-state index contributed by atoms with van der Waals surface area (Å²) in [6.45, 7) is 1.09. The molecule has 3 rings (SSSR count). The van der Waals surface area contributed by atoms with E-state index in [4.69, 9.17) is 4.84 Å². The maximum absolute atomic E-state index is 11.7. The molecule has 0 radical (unpaired) electrons. The molecule has 1 aliphatic rings. The Labute approximate surface area is 146 Å². The Hall–Kier alpha value is -2.92. The summed E-state index contributed by atoms with van der Waals surface area (Å²) in [5.41, 5.74) is 5.15. The number of benzene rings is 2. The third-order valence-corrected chi connectivity index (χ3v) is 3.96. The molecule has 5 nitrogen and oxygen atoms in total. The van der Waals surface area contributed by atoms with Crippen molar-refractivity contribution in [3.8, 4) is 0 Å². The van der Waals surface area contributed by atoms with E-state index in [0.717, 1.165) is 29.8 Å². The van der Waals surface area contributed by atoms with Crippen LogP contribution in [0.4, 0.5) is 5.69 Å². The van der Waals surface area contributed by atoms with Crippen LogP contribution in [0.25, 0.3) is 6.08 Å². The lowest BCUT2D eigenvalue weighted by molar-refractivity contribution is -0.129. The van der Waals surface area contributed by atoms with E-state index in [2.05, 4.69) is 5.48 Å². The molecule has 1 saturated heterocycles. The highest BCUT2D eigenvalue weighted by Crippen LogP contribution is 2.21. The van der Waals surface area contributed by atoms with Crippen molar-refractivity contribution in [1.82, 2.24) is 5.48 Å². The molecule has 5 heteroatoms. The molecule has 0 bridgehead atoms. The van der Waals surface area contributed by atoms with Gasteiger partial charge in [0, 0.05) is 24.7 Å². The van der Waals surface area contributed by atoms with Crippen molar-refractivity contribution < 1.29 is 14.4 Å². The van der Waals surface area contributed by atoms with Gasteiger partial charge in [-0.3, -0.25) is 14.4 Å². The molecule has 1 aliphatic heterocycles. The summed E-state index contributed by atoms with van der Waals surface area (Å²) in [6, 6.07) is 17.2. The van der Waals surface area contributed by atoms with Crippen molar-refractivity contribution in [1.29, 1.82) is 0 Å². The van der Waals surface area contributed by atoms with Crippen LogP contribution < -0.4 is 10.4 Å². The van der Waals surface area contributed by atoms with E-state index < -0.39 is 0 Å². The minimum absolute atomic E-state index is 0.165. The molecule has 0 spiro atoms. The van der Waals surface area contributed by atoms with Gasteiger partial charge in [0.15, 0.2) is 0 Å². The second kappa shape index (κ2) is 8.26. The van der Waals surface area contributed by atoms with Crippen LogP contribution in [0.1, 0.15) is 24.0 Å². The van der Waals surface area contributed by atoms with Gasteiger partial charge in [-0.2, -0.15) is 0 Å². The number of carbonyl (C=O) groups excluding carboxylic acids is 2. The first-order valence-corrected chi connectivity index (χ1v) is 8.26. The van der Waals surface area contributed by atoms with Crippen LogP contribution >= 0.6 is 0 Å². The minimum atomic E-state index is -0.324. The summed E-state index contributed by atoms with van der Waals surface area (Å²) >= 11 is 0. The fourth-order valence-electron chi connectivity index (χ4n) is 2.66. The Morgan fingerprint density at radius 3 is 2.56 bits per heavy atom. The first kappa shape index (κ1) is 16.9. The zero-order chi connectivity index (χ0) is 17.5. The van der Waals surface area contributed by atoms with E-state index in [9.17, 15) is 9.59 Å². The van der Waals surface area contributed by atoms with E-state index in [-0.39, 0.29) is 11.8 Å². The lowest BCUT2D eigenvalue weighted by atomic mass is 10.2. The molecule has 1 N–H and O–H groups in total. The predicted molar refractivity (Wildman–Crippen MR) is 96.4 cm³/mol. The van der Waals surface area contributed by atoms with Crippen molar-refractivity contribution in [2.24, 2.45) is 0 Å². The van der Waals surface area contributed by atoms with Crippen LogP contribution in [0.3, 0.4) is 0 Å². The number of nitrogens with zero attached hydrogens (tertiary/aromatic N) is 1. The second-order valence-electron chi connectivity index (χ2n) is 5.81. The molecule has 2 amide bonds. The van der Waals surface area contributed by atoms with Gasteiger partial charge in [-0.25, -0.2) is 5.48 Å². The van der Waals surface area contributed by atoms with Crippen LogP contribution in [0, 0.1) is 0 Å². The molecule has 25 heavy (non-hydrogen) atoms. The highest BCUT2D eigenvalue weighted by atomic mass is 16.6. The van der Waals surface area contributed by atoms with E-state index in [0.29, 0.717) is 13.0 Å². The van der Waals surface area contributed by atoms with Gasteiger partial charge >= 0.3 is 0 Å².